The highest BCUT2D eigenvalue weighted by atomic mass is 32.4. The van der Waals surface area contributed by atoms with Crippen molar-refractivity contribution in [2.75, 3.05) is 0 Å². The van der Waals surface area contributed by atoms with Crippen molar-refractivity contribution < 1.29 is 0 Å². The quantitative estimate of drug-likeness (QED) is 0.663. The van der Waals surface area contributed by atoms with E-state index in [4.69, 9.17) is 0 Å². The first-order chi connectivity index (χ1) is 5.58. The van der Waals surface area contributed by atoms with E-state index in [0.717, 1.165) is 0 Å². The lowest BCUT2D eigenvalue weighted by Gasteiger charge is -2.14. The summed E-state index contributed by atoms with van der Waals surface area (Å²) in [5.74, 6) is 1.18. The van der Waals surface area contributed by atoms with Crippen LogP contribution in [-0.2, 0) is 5.75 Å². The van der Waals surface area contributed by atoms with Gasteiger partial charge in [-0.05, 0) is 5.56 Å². The lowest BCUT2D eigenvalue weighted by molar-refractivity contribution is 1.42. The second-order valence-corrected chi connectivity index (χ2v) is 13.2. The van der Waals surface area contributed by atoms with E-state index in [-0.39, 0.29) is 0 Å². The normalized spacial score (nSPS) is 11.6. The molecule has 0 aromatic heterocycles. The van der Waals surface area contributed by atoms with E-state index < -0.39 is 7.22 Å². The molecule has 0 fully saturated rings. The number of benzene rings is 1. The molecule has 0 aliphatic heterocycles. The Kier molecular flexibility index (Phi) is 3.41. The molecule has 0 aliphatic rings. The largest absolute Gasteiger partial charge is 0.181 e. The van der Waals surface area contributed by atoms with Crippen LogP contribution in [0.3, 0.4) is 0 Å². The minimum atomic E-state index is -0.923. The van der Waals surface area contributed by atoms with Gasteiger partial charge in [0.25, 0.3) is 0 Å². The van der Waals surface area contributed by atoms with Crippen LogP contribution in [0.4, 0.5) is 0 Å². The fourth-order valence-corrected chi connectivity index (χ4v) is 3.47. The second kappa shape index (κ2) is 4.15. The summed E-state index contributed by atoms with van der Waals surface area (Å²) in [6.07, 6.45) is 0. The third-order valence-corrected chi connectivity index (χ3v) is 5.89. The summed E-state index contributed by atoms with van der Waals surface area (Å²) in [6.45, 7) is 7.17. The second-order valence-electron chi connectivity index (χ2n) is 3.89. The minimum absolute atomic E-state index is 0.923. The predicted octanol–water partition coefficient (Wildman–Crippen LogP) is 3.75. The van der Waals surface area contributed by atoms with E-state index >= 15 is 0 Å². The molecule has 0 spiro atoms. The van der Waals surface area contributed by atoms with Crippen LogP contribution in [0.1, 0.15) is 5.56 Å². The van der Waals surface area contributed by atoms with Crippen LogP contribution in [0.15, 0.2) is 30.3 Å². The first-order valence-electron chi connectivity index (χ1n) is 4.26. The average Bonchev–Trinajstić information content (AvgIpc) is 2.02. The maximum atomic E-state index is 2.39. The van der Waals surface area contributed by atoms with Gasteiger partial charge in [0.15, 0.2) is 0 Å². The maximum absolute atomic E-state index is 2.39. The zero-order valence-corrected chi connectivity index (χ0v) is 9.82. The van der Waals surface area contributed by atoms with Crippen molar-refractivity contribution in [2.45, 2.75) is 25.4 Å². The van der Waals surface area contributed by atoms with Crippen LogP contribution < -0.4 is 0 Å². The Labute approximate surface area is 80.0 Å². The Morgan fingerprint density at radius 1 is 1.08 bits per heavy atom. The fraction of sp³-hybridized carbons (Fsp3) is 0.400. The van der Waals surface area contributed by atoms with Crippen molar-refractivity contribution in [1.82, 2.24) is 0 Å². The lowest BCUT2D eigenvalue weighted by Crippen LogP contribution is -2.13. The zero-order valence-electron chi connectivity index (χ0n) is 8.00. The summed E-state index contributed by atoms with van der Waals surface area (Å²) < 4.78 is 0. The molecule has 1 aromatic rings. The first kappa shape index (κ1) is 9.87. The van der Waals surface area contributed by atoms with Gasteiger partial charge < -0.3 is 0 Å². The fourth-order valence-electron chi connectivity index (χ4n) is 0.874. The van der Waals surface area contributed by atoms with Gasteiger partial charge in [0.1, 0.15) is 7.22 Å². The molecule has 0 unspecified atom stereocenters. The van der Waals surface area contributed by atoms with Crippen LogP contribution in [0.5, 0.6) is 0 Å². The van der Waals surface area contributed by atoms with Gasteiger partial charge in [-0.3, -0.25) is 0 Å². The van der Waals surface area contributed by atoms with Gasteiger partial charge in [-0.25, -0.2) is 0 Å². The molecular formula is C10H16SSi. The van der Waals surface area contributed by atoms with Crippen LogP contribution in [0.2, 0.25) is 19.6 Å². The molecular weight excluding hydrogens is 180 g/mol. The molecule has 66 valence electrons. The van der Waals surface area contributed by atoms with Gasteiger partial charge in [-0.1, -0.05) is 50.0 Å². The maximum Gasteiger partial charge on any atom is 0.108 e. The average molecular weight is 196 g/mol. The number of hydrogen-bond acceptors (Lipinski definition) is 1. The third kappa shape index (κ3) is 3.98. The van der Waals surface area contributed by atoms with Crippen LogP contribution in [0.25, 0.3) is 0 Å². The predicted molar refractivity (Wildman–Crippen MR) is 61.1 cm³/mol. The van der Waals surface area contributed by atoms with E-state index in [1.54, 1.807) is 0 Å². The summed E-state index contributed by atoms with van der Waals surface area (Å²) in [5, 5.41) is 0. The summed E-state index contributed by atoms with van der Waals surface area (Å²) in [5.41, 5.74) is 1.45. The molecule has 0 heterocycles. The summed E-state index contributed by atoms with van der Waals surface area (Å²) >= 11 is 2.13. The highest BCUT2D eigenvalue weighted by Gasteiger charge is 2.12. The molecule has 0 bridgehead atoms. The van der Waals surface area contributed by atoms with E-state index in [9.17, 15) is 0 Å². The highest BCUT2D eigenvalue weighted by Crippen LogP contribution is 2.23. The summed E-state index contributed by atoms with van der Waals surface area (Å²) in [4.78, 5) is 0. The van der Waals surface area contributed by atoms with Gasteiger partial charge in [0.05, 0.1) is 0 Å². The Morgan fingerprint density at radius 2 is 1.67 bits per heavy atom. The number of hydrogen-bond donors (Lipinski definition) is 0. The van der Waals surface area contributed by atoms with Crippen molar-refractivity contribution in [3.05, 3.63) is 35.9 Å². The van der Waals surface area contributed by atoms with Crippen LogP contribution in [-0.4, -0.2) is 7.22 Å². The Hall–Kier alpha value is -0.213. The molecule has 0 nitrogen and oxygen atoms in total. The Bertz CT molecular complexity index is 225. The smallest absolute Gasteiger partial charge is 0.108 e. The van der Waals surface area contributed by atoms with Gasteiger partial charge in [0, 0.05) is 5.75 Å². The molecule has 0 atom stereocenters. The van der Waals surface area contributed by atoms with E-state index in [1.807, 2.05) is 0 Å². The van der Waals surface area contributed by atoms with Gasteiger partial charge in [-0.2, -0.15) is 11.2 Å². The molecule has 1 aromatic carbocycles. The molecule has 0 radical (unpaired) electrons. The van der Waals surface area contributed by atoms with Gasteiger partial charge in [-0.15, -0.1) is 0 Å². The molecule has 12 heavy (non-hydrogen) atoms. The van der Waals surface area contributed by atoms with Crippen molar-refractivity contribution in [2.24, 2.45) is 0 Å². The van der Waals surface area contributed by atoms with Crippen LogP contribution >= 0.6 is 11.2 Å². The molecule has 0 amide bonds. The number of rotatable bonds is 3. The van der Waals surface area contributed by atoms with Crippen molar-refractivity contribution >= 4 is 18.4 Å². The lowest BCUT2D eigenvalue weighted by atomic mass is 10.2. The SMILES string of the molecule is C[Si](C)(C)SCc1ccccc1. The zero-order chi connectivity index (χ0) is 9.03. The third-order valence-electron chi connectivity index (χ3n) is 1.51. The Balaban J connectivity index is 2.44. The molecule has 0 N–H and O–H groups in total. The molecule has 2 heteroatoms. The monoisotopic (exact) mass is 196 g/mol. The topological polar surface area (TPSA) is 0 Å². The first-order valence-corrected chi connectivity index (χ1v) is 9.47. The van der Waals surface area contributed by atoms with Gasteiger partial charge in [0.2, 0.25) is 0 Å². The Morgan fingerprint density at radius 3 is 2.17 bits per heavy atom. The summed E-state index contributed by atoms with van der Waals surface area (Å²) in [7, 11) is -0.923. The van der Waals surface area contributed by atoms with E-state index in [2.05, 4.69) is 61.2 Å². The van der Waals surface area contributed by atoms with Gasteiger partial charge >= 0.3 is 0 Å². The molecule has 0 saturated heterocycles. The molecule has 0 saturated carbocycles. The molecule has 0 aliphatic carbocycles. The standard InChI is InChI=1S/C10H16SSi/c1-12(2,3)11-9-10-7-5-4-6-8-10/h4-8H,9H2,1-3H3. The van der Waals surface area contributed by atoms with E-state index in [0.29, 0.717) is 0 Å². The minimum Gasteiger partial charge on any atom is -0.181 e. The highest BCUT2D eigenvalue weighted by molar-refractivity contribution is 8.28. The molecule has 1 rings (SSSR count). The van der Waals surface area contributed by atoms with Crippen molar-refractivity contribution in [3.8, 4) is 0 Å². The van der Waals surface area contributed by atoms with Crippen LogP contribution in [0, 0.1) is 0 Å². The summed E-state index contributed by atoms with van der Waals surface area (Å²) in [6, 6.07) is 10.7. The van der Waals surface area contributed by atoms with Crippen molar-refractivity contribution in [3.63, 3.8) is 0 Å². The van der Waals surface area contributed by atoms with E-state index in [1.165, 1.54) is 11.3 Å². The van der Waals surface area contributed by atoms with Crippen molar-refractivity contribution in [1.29, 1.82) is 0 Å².